The van der Waals surface area contributed by atoms with E-state index in [1.807, 2.05) is 24.3 Å². The number of aryl methyl sites for hydroxylation is 1. The van der Waals surface area contributed by atoms with Crippen molar-refractivity contribution in [2.24, 2.45) is 0 Å². The Balaban J connectivity index is 1.94. The highest BCUT2D eigenvalue weighted by Gasteiger charge is 2.25. The molecule has 0 spiro atoms. The van der Waals surface area contributed by atoms with E-state index in [0.717, 1.165) is 29.5 Å². The Morgan fingerprint density at radius 2 is 1.91 bits per heavy atom. The van der Waals surface area contributed by atoms with Crippen LogP contribution < -0.4 is 9.62 Å². The van der Waals surface area contributed by atoms with E-state index in [4.69, 9.17) is 0 Å². The van der Waals surface area contributed by atoms with Crippen LogP contribution in [-0.2, 0) is 16.4 Å². The molecule has 0 unspecified atom stereocenters. The summed E-state index contributed by atoms with van der Waals surface area (Å²) in [5.41, 5.74) is 3.76. The molecule has 2 aromatic carbocycles. The lowest BCUT2D eigenvalue weighted by molar-refractivity contribution is 0.0989. The summed E-state index contributed by atoms with van der Waals surface area (Å²) in [6, 6.07) is 12.9. The molecule has 23 heavy (non-hydrogen) atoms. The quantitative estimate of drug-likeness (QED) is 0.940. The zero-order chi connectivity index (χ0) is 16.6. The molecule has 6 heteroatoms. The fourth-order valence-electron chi connectivity index (χ4n) is 2.77. The van der Waals surface area contributed by atoms with Crippen LogP contribution in [0.2, 0.25) is 0 Å². The number of sulfonamides is 1. The van der Waals surface area contributed by atoms with Crippen LogP contribution in [0.5, 0.6) is 0 Å². The van der Waals surface area contributed by atoms with E-state index < -0.39 is 10.0 Å². The summed E-state index contributed by atoms with van der Waals surface area (Å²) in [4.78, 5) is 14.5. The number of hydrogen-bond donors (Lipinski definition) is 1. The molecule has 5 nitrogen and oxygen atoms in total. The van der Waals surface area contributed by atoms with Gasteiger partial charge in [0, 0.05) is 17.8 Å². The lowest BCUT2D eigenvalue weighted by Gasteiger charge is -2.18. The normalized spacial score (nSPS) is 13.7. The second-order valence-corrected chi connectivity index (χ2v) is 7.49. The van der Waals surface area contributed by atoms with Gasteiger partial charge in [0.05, 0.1) is 11.9 Å². The minimum Gasteiger partial charge on any atom is -0.308 e. The number of amides is 1. The third kappa shape index (κ3) is 3.22. The summed E-state index contributed by atoms with van der Waals surface area (Å²) in [6.07, 6.45) is 1.93. The number of carbonyl (C=O) groups excluding carboxylic acids is 1. The lowest BCUT2D eigenvalue weighted by atomic mass is 10.1. The van der Waals surface area contributed by atoms with Gasteiger partial charge in [-0.25, -0.2) is 8.42 Å². The van der Waals surface area contributed by atoms with E-state index in [0.29, 0.717) is 17.8 Å². The molecule has 0 aromatic heterocycles. The van der Waals surface area contributed by atoms with Crippen molar-refractivity contribution >= 4 is 27.3 Å². The van der Waals surface area contributed by atoms with Crippen molar-refractivity contribution in [1.29, 1.82) is 0 Å². The van der Waals surface area contributed by atoms with Gasteiger partial charge >= 0.3 is 0 Å². The molecule has 1 N–H and O–H groups in total. The van der Waals surface area contributed by atoms with Crippen LogP contribution in [0, 0.1) is 6.92 Å². The van der Waals surface area contributed by atoms with E-state index in [-0.39, 0.29) is 5.91 Å². The third-order valence-electron chi connectivity index (χ3n) is 3.91. The minimum atomic E-state index is -3.38. The lowest BCUT2D eigenvalue weighted by Crippen LogP contribution is -2.29. The summed E-state index contributed by atoms with van der Waals surface area (Å²) in [7, 11) is -3.38. The van der Waals surface area contributed by atoms with Gasteiger partial charge in [-0.1, -0.05) is 24.3 Å². The number of hydrogen-bond acceptors (Lipinski definition) is 3. The third-order valence-corrected chi connectivity index (χ3v) is 4.50. The molecule has 0 fully saturated rings. The molecule has 3 rings (SSSR count). The van der Waals surface area contributed by atoms with Gasteiger partial charge in [-0.05, 0) is 42.7 Å². The van der Waals surface area contributed by atoms with Gasteiger partial charge in [0.25, 0.3) is 5.91 Å². The predicted molar refractivity (Wildman–Crippen MR) is 91.5 cm³/mol. The second-order valence-electron chi connectivity index (χ2n) is 5.74. The van der Waals surface area contributed by atoms with Gasteiger partial charge in [0.15, 0.2) is 0 Å². The van der Waals surface area contributed by atoms with Gasteiger partial charge in [0.1, 0.15) is 0 Å². The number of anilines is 2. The topological polar surface area (TPSA) is 66.5 Å². The molecular weight excluding hydrogens is 312 g/mol. The zero-order valence-electron chi connectivity index (χ0n) is 13.0. The highest BCUT2D eigenvalue weighted by molar-refractivity contribution is 7.92. The van der Waals surface area contributed by atoms with Crippen molar-refractivity contribution in [2.45, 2.75) is 13.3 Å². The smallest absolute Gasteiger partial charge is 0.258 e. The Hall–Kier alpha value is -2.34. The van der Waals surface area contributed by atoms with E-state index in [1.54, 1.807) is 30.0 Å². The van der Waals surface area contributed by atoms with Crippen LogP contribution in [0.1, 0.15) is 21.5 Å². The molecule has 0 saturated heterocycles. The summed E-state index contributed by atoms with van der Waals surface area (Å²) < 4.78 is 25.4. The molecule has 0 aliphatic carbocycles. The fourth-order valence-corrected chi connectivity index (χ4v) is 3.39. The summed E-state index contributed by atoms with van der Waals surface area (Å²) in [5, 5.41) is 0. The first-order chi connectivity index (χ1) is 10.8. The largest absolute Gasteiger partial charge is 0.308 e. The summed E-state index contributed by atoms with van der Waals surface area (Å²) >= 11 is 0. The second kappa shape index (κ2) is 5.70. The molecule has 1 aliphatic rings. The Bertz CT molecular complexity index is 875. The number of nitrogens with zero attached hydrogens (tertiary/aromatic N) is 1. The molecule has 0 saturated carbocycles. The first-order valence-electron chi connectivity index (χ1n) is 7.33. The summed E-state index contributed by atoms with van der Waals surface area (Å²) in [6.45, 7) is 2.44. The van der Waals surface area contributed by atoms with Gasteiger partial charge in [-0.3, -0.25) is 9.52 Å². The maximum Gasteiger partial charge on any atom is 0.258 e. The number of nitrogens with one attached hydrogen (secondary N) is 1. The van der Waals surface area contributed by atoms with Gasteiger partial charge in [0.2, 0.25) is 10.0 Å². The van der Waals surface area contributed by atoms with Gasteiger partial charge in [-0.15, -0.1) is 0 Å². The number of rotatable bonds is 3. The van der Waals surface area contributed by atoms with E-state index in [9.17, 15) is 13.2 Å². The van der Waals surface area contributed by atoms with Gasteiger partial charge in [-0.2, -0.15) is 0 Å². The maximum absolute atomic E-state index is 12.8. The van der Waals surface area contributed by atoms with Crippen molar-refractivity contribution in [1.82, 2.24) is 0 Å². The molecule has 2 aromatic rings. The maximum atomic E-state index is 12.8. The number of benzene rings is 2. The molecule has 0 bridgehead atoms. The first-order valence-corrected chi connectivity index (χ1v) is 9.22. The minimum absolute atomic E-state index is 0.119. The fraction of sp³-hybridized carbons (Fsp3) is 0.235. The number of fused-ring (bicyclic) bond motifs is 1. The highest BCUT2D eigenvalue weighted by Crippen LogP contribution is 2.29. The van der Waals surface area contributed by atoms with Crippen molar-refractivity contribution in [3.63, 3.8) is 0 Å². The highest BCUT2D eigenvalue weighted by atomic mass is 32.2. The zero-order valence-corrected chi connectivity index (χ0v) is 13.9. The molecule has 0 radical (unpaired) electrons. The molecule has 0 atom stereocenters. The van der Waals surface area contributed by atoms with Crippen molar-refractivity contribution < 1.29 is 13.2 Å². The predicted octanol–water partition coefficient (Wildman–Crippen LogP) is 2.57. The Kier molecular flexibility index (Phi) is 3.85. The van der Waals surface area contributed by atoms with E-state index in [1.165, 1.54) is 0 Å². The van der Waals surface area contributed by atoms with Gasteiger partial charge < -0.3 is 4.90 Å². The SMILES string of the molecule is Cc1ccc(C(=O)N2CCc3ccccc32)cc1NS(C)(=O)=O. The average Bonchev–Trinajstić information content (AvgIpc) is 2.91. The van der Waals surface area contributed by atoms with Crippen LogP contribution in [-0.4, -0.2) is 27.1 Å². The molecular formula is C17H18N2O3S. The van der Waals surface area contributed by atoms with Crippen LogP contribution in [0.3, 0.4) is 0 Å². The monoisotopic (exact) mass is 330 g/mol. The molecule has 1 aliphatic heterocycles. The first kappa shape index (κ1) is 15.6. The average molecular weight is 330 g/mol. The van der Waals surface area contributed by atoms with Crippen molar-refractivity contribution in [3.05, 3.63) is 59.2 Å². The van der Waals surface area contributed by atoms with Crippen LogP contribution in [0.4, 0.5) is 11.4 Å². The van der Waals surface area contributed by atoms with Crippen LogP contribution in [0.25, 0.3) is 0 Å². The molecule has 120 valence electrons. The molecule has 1 heterocycles. The Labute approximate surface area is 136 Å². The van der Waals surface area contributed by atoms with E-state index >= 15 is 0 Å². The number of para-hydroxylation sites is 1. The Morgan fingerprint density at radius 1 is 1.17 bits per heavy atom. The molecule has 1 amide bonds. The summed E-state index contributed by atoms with van der Waals surface area (Å²) in [5.74, 6) is -0.119. The Morgan fingerprint density at radius 3 is 2.65 bits per heavy atom. The van der Waals surface area contributed by atoms with Crippen molar-refractivity contribution in [3.8, 4) is 0 Å². The van der Waals surface area contributed by atoms with Crippen LogP contribution >= 0.6 is 0 Å². The standard InChI is InChI=1S/C17H18N2O3S/c1-12-7-8-14(11-15(12)18-23(2,21)22)17(20)19-10-9-13-5-3-4-6-16(13)19/h3-8,11,18H,9-10H2,1-2H3. The van der Waals surface area contributed by atoms with E-state index in [2.05, 4.69) is 4.72 Å². The van der Waals surface area contributed by atoms with Crippen molar-refractivity contribution in [2.75, 3.05) is 22.4 Å². The number of carbonyl (C=O) groups is 1. The van der Waals surface area contributed by atoms with Crippen LogP contribution in [0.15, 0.2) is 42.5 Å².